The third-order valence-electron chi connectivity index (χ3n) is 3.76. The second-order valence-electron chi connectivity index (χ2n) is 6.17. The number of hydrogen-bond donors (Lipinski definition) is 3. The molecule has 0 aliphatic rings. The summed E-state index contributed by atoms with van der Waals surface area (Å²) >= 11 is 3.50. The van der Waals surface area contributed by atoms with E-state index in [2.05, 4.69) is 26.2 Å². The molecule has 0 aliphatic heterocycles. The minimum absolute atomic E-state index is 0.355. The molecule has 0 saturated carbocycles. The van der Waals surface area contributed by atoms with Crippen LogP contribution in [0.4, 0.5) is 17.1 Å². The Hall–Kier alpha value is -2.11. The highest BCUT2D eigenvalue weighted by Gasteiger charge is 2.14. The minimum Gasteiger partial charge on any atom is -0.396 e. The minimum atomic E-state index is -0.355. The predicted molar refractivity (Wildman–Crippen MR) is 101 cm³/mol. The maximum absolute atomic E-state index is 6.12. The highest BCUT2D eigenvalue weighted by atomic mass is 79.9. The van der Waals surface area contributed by atoms with Crippen LogP contribution in [0.3, 0.4) is 0 Å². The molecular weight excluding hydrogens is 352 g/mol. The van der Waals surface area contributed by atoms with Gasteiger partial charge in [-0.05, 0) is 49.7 Å². The molecule has 0 amide bonds. The van der Waals surface area contributed by atoms with Crippen molar-refractivity contribution in [2.75, 3.05) is 11.1 Å². The van der Waals surface area contributed by atoms with Gasteiger partial charge in [0.25, 0.3) is 0 Å². The number of hydrogen-bond acceptors (Lipinski definition) is 4. The second-order valence-corrected chi connectivity index (χ2v) is 7.09. The molecule has 0 aliphatic carbocycles. The lowest BCUT2D eigenvalue weighted by Gasteiger charge is -2.20. The monoisotopic (exact) mass is 370 g/mol. The number of nitrogens with one attached hydrogen (secondary N) is 1. The van der Waals surface area contributed by atoms with E-state index in [1.165, 1.54) is 0 Å². The van der Waals surface area contributed by atoms with Crippen molar-refractivity contribution in [2.45, 2.75) is 19.4 Å². The molecule has 118 valence electrons. The van der Waals surface area contributed by atoms with Crippen molar-refractivity contribution in [2.24, 2.45) is 5.73 Å². The van der Waals surface area contributed by atoms with Gasteiger partial charge in [-0.3, -0.25) is 4.98 Å². The van der Waals surface area contributed by atoms with Crippen molar-refractivity contribution < 1.29 is 0 Å². The molecule has 0 atom stereocenters. The first kappa shape index (κ1) is 15.8. The summed E-state index contributed by atoms with van der Waals surface area (Å²) in [5.74, 6) is 0. The highest BCUT2D eigenvalue weighted by molar-refractivity contribution is 9.10. The van der Waals surface area contributed by atoms with Gasteiger partial charge in [0.15, 0.2) is 0 Å². The van der Waals surface area contributed by atoms with Gasteiger partial charge < -0.3 is 16.8 Å². The van der Waals surface area contributed by atoms with Gasteiger partial charge in [0.2, 0.25) is 0 Å². The Morgan fingerprint density at radius 2 is 1.78 bits per heavy atom. The van der Waals surface area contributed by atoms with Crippen LogP contribution in [0, 0.1) is 0 Å². The summed E-state index contributed by atoms with van der Waals surface area (Å²) < 4.78 is 0.987. The molecule has 23 heavy (non-hydrogen) atoms. The third-order valence-corrected chi connectivity index (χ3v) is 4.25. The van der Waals surface area contributed by atoms with Gasteiger partial charge >= 0.3 is 0 Å². The first-order chi connectivity index (χ1) is 10.8. The van der Waals surface area contributed by atoms with E-state index in [9.17, 15) is 0 Å². The van der Waals surface area contributed by atoms with Gasteiger partial charge in [0.05, 0.1) is 23.1 Å². The van der Waals surface area contributed by atoms with Crippen LogP contribution in [-0.4, -0.2) is 4.98 Å². The number of fused-ring (bicyclic) bond motifs is 1. The highest BCUT2D eigenvalue weighted by Crippen LogP contribution is 2.32. The molecule has 0 fully saturated rings. The first-order valence-electron chi connectivity index (χ1n) is 7.35. The number of nitrogens with two attached hydrogens (primary N) is 2. The summed E-state index contributed by atoms with van der Waals surface area (Å²) in [4.78, 5) is 4.37. The molecule has 1 heterocycles. The lowest BCUT2D eigenvalue weighted by Crippen LogP contribution is -2.28. The average molecular weight is 371 g/mol. The largest absolute Gasteiger partial charge is 0.396 e. The molecule has 5 N–H and O–H groups in total. The molecule has 3 rings (SSSR count). The Kier molecular flexibility index (Phi) is 4.00. The molecule has 2 aromatic carbocycles. The molecule has 0 bridgehead atoms. The SMILES string of the molecule is CC(C)(N)c1ccc(Nc2c(N)cnc3ccc(Br)cc23)cc1. The van der Waals surface area contributed by atoms with Crippen molar-refractivity contribution >= 4 is 43.9 Å². The van der Waals surface area contributed by atoms with Crippen molar-refractivity contribution in [3.8, 4) is 0 Å². The van der Waals surface area contributed by atoms with Gasteiger partial charge in [0, 0.05) is 21.1 Å². The molecule has 4 nitrogen and oxygen atoms in total. The van der Waals surface area contributed by atoms with E-state index < -0.39 is 0 Å². The molecule has 3 aromatic rings. The predicted octanol–water partition coefficient (Wildman–Crippen LogP) is 4.52. The van der Waals surface area contributed by atoms with Gasteiger partial charge in [-0.15, -0.1) is 0 Å². The smallest absolute Gasteiger partial charge is 0.0746 e. The summed E-state index contributed by atoms with van der Waals surface area (Å²) in [6.45, 7) is 3.97. The fourth-order valence-corrected chi connectivity index (χ4v) is 2.81. The lowest BCUT2D eigenvalue weighted by molar-refractivity contribution is 0.554. The Bertz CT molecular complexity index is 846. The summed E-state index contributed by atoms with van der Waals surface area (Å²) in [5, 5.41) is 4.37. The van der Waals surface area contributed by atoms with E-state index in [0.717, 1.165) is 32.3 Å². The fraction of sp³-hybridized carbons (Fsp3) is 0.167. The number of aromatic nitrogens is 1. The second kappa shape index (κ2) is 5.83. The summed E-state index contributed by atoms with van der Waals surface area (Å²) in [6, 6.07) is 14.0. The molecule has 5 heteroatoms. The standard InChI is InChI=1S/C18H19BrN4/c1-18(2,21)11-3-6-13(7-4-11)23-17-14-9-12(19)5-8-16(14)22-10-15(17)20/h3-10H,20-21H2,1-2H3,(H,22,23). The van der Waals surface area contributed by atoms with Crippen LogP contribution >= 0.6 is 15.9 Å². The van der Waals surface area contributed by atoms with Crippen LogP contribution in [0.25, 0.3) is 10.9 Å². The van der Waals surface area contributed by atoms with Crippen molar-refractivity contribution in [3.63, 3.8) is 0 Å². The average Bonchev–Trinajstić information content (AvgIpc) is 2.50. The number of nitrogens with zero attached hydrogens (tertiary/aromatic N) is 1. The van der Waals surface area contributed by atoms with Gasteiger partial charge in [-0.1, -0.05) is 28.1 Å². The summed E-state index contributed by atoms with van der Waals surface area (Å²) in [5.41, 5.74) is 16.3. The van der Waals surface area contributed by atoms with E-state index in [4.69, 9.17) is 11.5 Å². The summed E-state index contributed by atoms with van der Waals surface area (Å²) in [6.07, 6.45) is 1.68. The lowest BCUT2D eigenvalue weighted by atomic mass is 9.95. The maximum atomic E-state index is 6.12. The van der Waals surface area contributed by atoms with Crippen LogP contribution in [0.1, 0.15) is 19.4 Å². The summed E-state index contributed by atoms with van der Waals surface area (Å²) in [7, 11) is 0. The number of anilines is 3. The zero-order valence-corrected chi connectivity index (χ0v) is 14.7. The topological polar surface area (TPSA) is 77.0 Å². The van der Waals surface area contributed by atoms with E-state index >= 15 is 0 Å². The number of pyridine rings is 1. The Labute approximate surface area is 144 Å². The number of halogens is 1. The Morgan fingerprint density at radius 3 is 2.43 bits per heavy atom. The van der Waals surface area contributed by atoms with E-state index in [1.807, 2.05) is 56.3 Å². The normalized spacial score (nSPS) is 11.7. The van der Waals surface area contributed by atoms with Crippen molar-refractivity contribution in [3.05, 3.63) is 58.7 Å². The van der Waals surface area contributed by atoms with Crippen LogP contribution in [-0.2, 0) is 5.54 Å². The van der Waals surface area contributed by atoms with E-state index in [-0.39, 0.29) is 5.54 Å². The van der Waals surface area contributed by atoms with Crippen LogP contribution in [0.5, 0.6) is 0 Å². The maximum Gasteiger partial charge on any atom is 0.0746 e. The molecule has 1 aromatic heterocycles. The zero-order valence-electron chi connectivity index (χ0n) is 13.1. The molecule has 0 saturated heterocycles. The van der Waals surface area contributed by atoms with E-state index in [0.29, 0.717) is 5.69 Å². The van der Waals surface area contributed by atoms with Gasteiger partial charge in [-0.25, -0.2) is 0 Å². The van der Waals surface area contributed by atoms with Crippen molar-refractivity contribution in [1.29, 1.82) is 0 Å². The zero-order chi connectivity index (χ0) is 16.6. The molecule has 0 unspecified atom stereocenters. The van der Waals surface area contributed by atoms with Crippen LogP contribution in [0.15, 0.2) is 53.1 Å². The number of nitrogen functional groups attached to an aromatic ring is 1. The molecule has 0 spiro atoms. The van der Waals surface area contributed by atoms with Crippen LogP contribution < -0.4 is 16.8 Å². The third kappa shape index (κ3) is 3.30. The van der Waals surface area contributed by atoms with Gasteiger partial charge in [0.1, 0.15) is 0 Å². The van der Waals surface area contributed by atoms with E-state index in [1.54, 1.807) is 6.20 Å². The Balaban J connectivity index is 2.01. The number of rotatable bonds is 3. The fourth-order valence-electron chi connectivity index (χ4n) is 2.45. The van der Waals surface area contributed by atoms with Crippen LogP contribution in [0.2, 0.25) is 0 Å². The Morgan fingerprint density at radius 1 is 1.09 bits per heavy atom. The van der Waals surface area contributed by atoms with Crippen molar-refractivity contribution in [1.82, 2.24) is 4.98 Å². The number of benzene rings is 2. The first-order valence-corrected chi connectivity index (χ1v) is 8.14. The van der Waals surface area contributed by atoms with Gasteiger partial charge in [-0.2, -0.15) is 0 Å². The molecular formula is C18H19BrN4. The molecule has 0 radical (unpaired) electrons. The quantitative estimate of drug-likeness (QED) is 0.633.